The highest BCUT2D eigenvalue weighted by atomic mass is 79.9. The van der Waals surface area contributed by atoms with Crippen LogP contribution in [0.15, 0.2) is 100.0 Å². The first-order valence-electron chi connectivity index (χ1n) is 12.4. The fraction of sp³-hybridized carbons (Fsp3) is 0.188. The van der Waals surface area contributed by atoms with Crippen LogP contribution in [0.5, 0.6) is 0 Å². The maximum atomic E-state index is 10.9. The Hall–Kier alpha value is -2.82. The van der Waals surface area contributed by atoms with Gasteiger partial charge in [-0.2, -0.15) is 0 Å². The van der Waals surface area contributed by atoms with E-state index in [1.54, 1.807) is 0 Å². The topological polar surface area (TPSA) is 23.5 Å². The molecular formula is C32H29Br2NO. The number of halogens is 2. The summed E-state index contributed by atoms with van der Waals surface area (Å²) >= 11 is 6.97. The van der Waals surface area contributed by atoms with E-state index in [4.69, 9.17) is 0 Å². The van der Waals surface area contributed by atoms with E-state index in [9.17, 15) is 5.11 Å². The summed E-state index contributed by atoms with van der Waals surface area (Å²) in [6.07, 6.45) is 12.9. The summed E-state index contributed by atoms with van der Waals surface area (Å²) in [5.74, 6) is 0.215. The Kier molecular flexibility index (Phi) is 7.64. The standard InChI is InChI=1S/C32H29Br2NO/c1-22(6-7-23-19-26-4-2-16-35-17-3-5-27(20-23)32(26)35)18-28(24-8-12-29(33)13-9-24)21-31(36)25-10-14-30(34)15-11-25/h6-15,18-21,36H,1-5,16-17H2/b7-6+,28-18+,31-21-. The largest absolute Gasteiger partial charge is 0.507 e. The molecule has 0 aromatic heterocycles. The average molecular weight is 603 g/mol. The van der Waals surface area contributed by atoms with Gasteiger partial charge in [-0.15, -0.1) is 0 Å². The maximum absolute atomic E-state index is 10.9. The van der Waals surface area contributed by atoms with E-state index in [1.165, 1.54) is 48.3 Å². The van der Waals surface area contributed by atoms with E-state index in [2.05, 4.69) is 67.6 Å². The minimum atomic E-state index is 0.215. The van der Waals surface area contributed by atoms with Gasteiger partial charge in [-0.05, 0) is 108 Å². The number of anilines is 1. The van der Waals surface area contributed by atoms with E-state index in [1.807, 2.05) is 60.7 Å². The molecule has 5 rings (SSSR count). The Morgan fingerprint density at radius 1 is 0.806 bits per heavy atom. The van der Waals surface area contributed by atoms with E-state index < -0.39 is 0 Å². The smallest absolute Gasteiger partial charge is 0.123 e. The van der Waals surface area contributed by atoms with Gasteiger partial charge in [-0.3, -0.25) is 0 Å². The third kappa shape index (κ3) is 5.77. The molecule has 0 saturated carbocycles. The minimum Gasteiger partial charge on any atom is -0.507 e. The molecule has 0 aliphatic carbocycles. The van der Waals surface area contributed by atoms with Crippen LogP contribution in [0.2, 0.25) is 0 Å². The summed E-state index contributed by atoms with van der Waals surface area (Å²) in [7, 11) is 0. The number of hydrogen-bond donors (Lipinski definition) is 1. The normalized spacial score (nSPS) is 15.8. The van der Waals surface area contributed by atoms with Crippen molar-refractivity contribution in [3.05, 3.63) is 128 Å². The molecule has 2 aliphatic heterocycles. The predicted molar refractivity (Wildman–Crippen MR) is 160 cm³/mol. The summed E-state index contributed by atoms with van der Waals surface area (Å²) < 4.78 is 1.99. The van der Waals surface area contributed by atoms with Crippen molar-refractivity contribution in [1.82, 2.24) is 0 Å². The van der Waals surface area contributed by atoms with Gasteiger partial charge in [-0.25, -0.2) is 0 Å². The molecule has 0 spiro atoms. The lowest BCUT2D eigenvalue weighted by Crippen LogP contribution is -2.34. The zero-order valence-corrected chi connectivity index (χ0v) is 23.4. The maximum Gasteiger partial charge on any atom is 0.123 e. The highest BCUT2D eigenvalue weighted by Crippen LogP contribution is 2.36. The van der Waals surface area contributed by atoms with Gasteiger partial charge in [-0.1, -0.05) is 74.9 Å². The fourth-order valence-electron chi connectivity index (χ4n) is 5.08. The third-order valence-electron chi connectivity index (χ3n) is 6.80. The van der Waals surface area contributed by atoms with Crippen LogP contribution in [0.25, 0.3) is 17.4 Å². The Balaban J connectivity index is 1.44. The second-order valence-corrected chi connectivity index (χ2v) is 11.3. The molecule has 0 fully saturated rings. The predicted octanol–water partition coefficient (Wildman–Crippen LogP) is 9.16. The van der Waals surface area contributed by atoms with Crippen LogP contribution in [0, 0.1) is 0 Å². The van der Waals surface area contributed by atoms with Gasteiger partial charge in [0.25, 0.3) is 0 Å². The van der Waals surface area contributed by atoms with Gasteiger partial charge in [0.2, 0.25) is 0 Å². The van der Waals surface area contributed by atoms with E-state index in [0.29, 0.717) is 0 Å². The minimum absolute atomic E-state index is 0.215. The molecule has 4 heteroatoms. The molecule has 3 aromatic carbocycles. The van der Waals surface area contributed by atoms with Crippen LogP contribution in [0.1, 0.15) is 40.7 Å². The van der Waals surface area contributed by atoms with Crippen molar-refractivity contribution in [3.63, 3.8) is 0 Å². The molecule has 2 aliphatic rings. The number of hydrogen-bond acceptors (Lipinski definition) is 2. The number of nitrogens with zero attached hydrogens (tertiary/aromatic N) is 1. The van der Waals surface area contributed by atoms with Crippen molar-refractivity contribution in [1.29, 1.82) is 0 Å². The lowest BCUT2D eigenvalue weighted by Gasteiger charge is -2.37. The van der Waals surface area contributed by atoms with Gasteiger partial charge in [0, 0.05) is 33.3 Å². The lowest BCUT2D eigenvalue weighted by molar-refractivity contribution is 0.512. The Morgan fingerprint density at radius 2 is 1.36 bits per heavy atom. The van der Waals surface area contributed by atoms with Gasteiger partial charge < -0.3 is 10.0 Å². The highest BCUT2D eigenvalue weighted by Gasteiger charge is 2.23. The molecule has 0 unspecified atom stereocenters. The zero-order valence-electron chi connectivity index (χ0n) is 20.2. The quantitative estimate of drug-likeness (QED) is 0.224. The van der Waals surface area contributed by atoms with Gasteiger partial charge in [0.15, 0.2) is 0 Å². The summed E-state index contributed by atoms with van der Waals surface area (Å²) in [5, 5.41) is 10.9. The summed E-state index contributed by atoms with van der Waals surface area (Å²) in [4.78, 5) is 2.57. The third-order valence-corrected chi connectivity index (χ3v) is 7.85. The zero-order chi connectivity index (χ0) is 25.1. The van der Waals surface area contributed by atoms with Crippen LogP contribution in [0.4, 0.5) is 5.69 Å². The number of aliphatic hydroxyl groups is 1. The van der Waals surface area contributed by atoms with E-state index >= 15 is 0 Å². The second kappa shape index (κ2) is 11.1. The first kappa shape index (κ1) is 24.9. The molecule has 0 bridgehead atoms. The number of rotatable bonds is 6. The number of allylic oxidation sites excluding steroid dienone is 5. The van der Waals surface area contributed by atoms with Crippen LogP contribution in [-0.2, 0) is 12.8 Å². The summed E-state index contributed by atoms with van der Waals surface area (Å²) in [6.45, 7) is 6.68. The van der Waals surface area contributed by atoms with Gasteiger partial charge >= 0.3 is 0 Å². The van der Waals surface area contributed by atoms with Crippen molar-refractivity contribution in [2.24, 2.45) is 0 Å². The average Bonchev–Trinajstić information content (AvgIpc) is 2.88. The number of aryl methyl sites for hydroxylation is 2. The summed E-state index contributed by atoms with van der Waals surface area (Å²) in [6, 6.07) is 20.4. The highest BCUT2D eigenvalue weighted by molar-refractivity contribution is 9.10. The van der Waals surface area contributed by atoms with E-state index in [-0.39, 0.29) is 5.76 Å². The second-order valence-electron chi connectivity index (χ2n) is 9.43. The lowest BCUT2D eigenvalue weighted by atomic mass is 9.90. The fourth-order valence-corrected chi connectivity index (χ4v) is 5.61. The first-order valence-corrected chi connectivity index (χ1v) is 14.0. The molecule has 0 amide bonds. The van der Waals surface area contributed by atoms with Gasteiger partial charge in [0.05, 0.1) is 0 Å². The number of aliphatic hydroxyl groups excluding tert-OH is 1. The summed E-state index contributed by atoms with van der Waals surface area (Å²) in [5.41, 5.74) is 9.24. The van der Waals surface area contributed by atoms with Crippen LogP contribution >= 0.6 is 31.9 Å². The monoisotopic (exact) mass is 601 g/mol. The van der Waals surface area contributed by atoms with Crippen molar-refractivity contribution >= 4 is 55.0 Å². The van der Waals surface area contributed by atoms with Crippen molar-refractivity contribution in [2.45, 2.75) is 25.7 Å². The molecular weight excluding hydrogens is 574 g/mol. The molecule has 36 heavy (non-hydrogen) atoms. The molecule has 3 aromatic rings. The van der Waals surface area contributed by atoms with Crippen molar-refractivity contribution < 1.29 is 5.11 Å². The Bertz CT molecular complexity index is 1330. The number of benzene rings is 3. The van der Waals surface area contributed by atoms with Crippen LogP contribution in [-0.4, -0.2) is 18.2 Å². The van der Waals surface area contributed by atoms with Crippen molar-refractivity contribution in [3.8, 4) is 0 Å². The molecule has 2 nitrogen and oxygen atoms in total. The molecule has 0 saturated heterocycles. The van der Waals surface area contributed by atoms with Crippen molar-refractivity contribution in [2.75, 3.05) is 18.0 Å². The van der Waals surface area contributed by atoms with Gasteiger partial charge in [0.1, 0.15) is 5.76 Å². The SMILES string of the molecule is C=C(/C=C/c1cc2c3c(c1)CCCN3CCC2)/C=C(\C=C(/O)c1ccc(Br)cc1)c1ccc(Br)cc1. The molecule has 1 N–H and O–H groups in total. The van der Waals surface area contributed by atoms with Crippen LogP contribution < -0.4 is 4.90 Å². The molecule has 0 radical (unpaired) electrons. The molecule has 2 heterocycles. The first-order chi connectivity index (χ1) is 17.5. The Morgan fingerprint density at radius 3 is 1.94 bits per heavy atom. The molecule has 0 atom stereocenters. The van der Waals surface area contributed by atoms with E-state index in [0.717, 1.165) is 44.1 Å². The Labute approximate surface area is 230 Å². The van der Waals surface area contributed by atoms with Crippen LogP contribution in [0.3, 0.4) is 0 Å². The molecule has 182 valence electrons.